The average Bonchev–Trinajstić information content (AvgIpc) is 2.99. The van der Waals surface area contributed by atoms with Crippen LogP contribution in [0.15, 0.2) is 18.2 Å². The number of nitrogens with zero attached hydrogens (tertiary/aromatic N) is 1. The zero-order valence-electron chi connectivity index (χ0n) is 18.4. The summed E-state index contributed by atoms with van der Waals surface area (Å²) < 4.78 is 17.4. The lowest BCUT2D eigenvalue weighted by Gasteiger charge is -2.32. The van der Waals surface area contributed by atoms with Gasteiger partial charge < -0.3 is 24.3 Å². The molecule has 2 aliphatic rings. The SMILES string of the molecule is CC(C)(C)OC(=O)NCCN1Cc2ccc(B3OC(C)(C)C(C)(C)O3)cc2C1=O. The van der Waals surface area contributed by atoms with Crippen LogP contribution in [0.5, 0.6) is 0 Å². The van der Waals surface area contributed by atoms with E-state index in [1.54, 1.807) is 4.90 Å². The van der Waals surface area contributed by atoms with Gasteiger partial charge in [0.2, 0.25) is 0 Å². The molecule has 0 saturated carbocycles. The Morgan fingerprint density at radius 2 is 1.83 bits per heavy atom. The van der Waals surface area contributed by atoms with Crippen LogP contribution >= 0.6 is 0 Å². The first-order valence-corrected chi connectivity index (χ1v) is 10.0. The molecule has 1 fully saturated rings. The molecule has 0 unspecified atom stereocenters. The van der Waals surface area contributed by atoms with Gasteiger partial charge in [-0.2, -0.15) is 0 Å². The van der Waals surface area contributed by atoms with Crippen LogP contribution in [0.4, 0.5) is 4.79 Å². The van der Waals surface area contributed by atoms with Crippen molar-refractivity contribution in [1.29, 1.82) is 0 Å². The van der Waals surface area contributed by atoms with Gasteiger partial charge in [0.1, 0.15) is 5.60 Å². The van der Waals surface area contributed by atoms with Crippen molar-refractivity contribution in [2.24, 2.45) is 0 Å². The lowest BCUT2D eigenvalue weighted by atomic mass is 9.78. The number of hydrogen-bond donors (Lipinski definition) is 1. The summed E-state index contributed by atoms with van der Waals surface area (Å²) in [6, 6.07) is 5.77. The van der Waals surface area contributed by atoms with E-state index in [1.807, 2.05) is 66.7 Å². The van der Waals surface area contributed by atoms with Crippen molar-refractivity contribution in [3.8, 4) is 0 Å². The smallest absolute Gasteiger partial charge is 0.444 e. The Bertz CT molecular complexity index is 800. The standard InChI is InChI=1S/C21H31BN2O5/c1-19(2,3)27-18(26)23-10-11-24-13-14-8-9-15(12-16(14)17(24)25)22-28-20(4,5)21(6,7)29-22/h8-9,12H,10-11,13H2,1-7H3,(H,23,26). The number of ether oxygens (including phenoxy) is 1. The second-order valence-electron chi connectivity index (χ2n) is 9.66. The molecule has 7 nitrogen and oxygen atoms in total. The van der Waals surface area contributed by atoms with E-state index in [2.05, 4.69) is 5.32 Å². The Morgan fingerprint density at radius 3 is 2.41 bits per heavy atom. The van der Waals surface area contributed by atoms with Gasteiger partial charge in [-0.1, -0.05) is 12.1 Å². The fourth-order valence-corrected chi connectivity index (χ4v) is 3.29. The Kier molecular flexibility index (Phi) is 5.47. The number of nitrogens with one attached hydrogen (secondary N) is 1. The maximum Gasteiger partial charge on any atom is 0.494 e. The molecule has 0 atom stereocenters. The molecule has 29 heavy (non-hydrogen) atoms. The maximum absolute atomic E-state index is 12.8. The molecule has 0 aliphatic carbocycles. The third kappa shape index (κ3) is 4.59. The van der Waals surface area contributed by atoms with Crippen LogP contribution < -0.4 is 10.8 Å². The van der Waals surface area contributed by atoms with Gasteiger partial charge in [-0.15, -0.1) is 0 Å². The average molecular weight is 402 g/mol. The van der Waals surface area contributed by atoms with Crippen LogP contribution in [0, 0.1) is 0 Å². The van der Waals surface area contributed by atoms with Crippen molar-refractivity contribution in [2.75, 3.05) is 13.1 Å². The topological polar surface area (TPSA) is 77.1 Å². The number of carbonyl (C=O) groups excluding carboxylic acids is 2. The molecular formula is C21H31BN2O5. The normalized spacial score (nSPS) is 20.0. The molecule has 1 N–H and O–H groups in total. The van der Waals surface area contributed by atoms with E-state index in [0.717, 1.165) is 11.0 Å². The van der Waals surface area contributed by atoms with Crippen molar-refractivity contribution >= 4 is 24.6 Å². The van der Waals surface area contributed by atoms with E-state index >= 15 is 0 Å². The molecule has 8 heteroatoms. The first-order chi connectivity index (χ1) is 13.3. The van der Waals surface area contributed by atoms with Gasteiger partial charge in [0, 0.05) is 25.2 Å². The van der Waals surface area contributed by atoms with E-state index in [9.17, 15) is 9.59 Å². The highest BCUT2D eigenvalue weighted by molar-refractivity contribution is 6.62. The maximum atomic E-state index is 12.8. The predicted octanol–water partition coefficient (Wildman–Crippen LogP) is 2.47. The predicted molar refractivity (Wildman–Crippen MR) is 111 cm³/mol. The molecule has 2 heterocycles. The van der Waals surface area contributed by atoms with Gasteiger partial charge in [-0.25, -0.2) is 4.79 Å². The van der Waals surface area contributed by atoms with Gasteiger partial charge in [0.05, 0.1) is 11.2 Å². The lowest BCUT2D eigenvalue weighted by Crippen LogP contribution is -2.41. The number of amides is 2. The molecule has 1 aromatic rings. The summed E-state index contributed by atoms with van der Waals surface area (Å²) in [5.74, 6) is -0.0515. The minimum absolute atomic E-state index is 0.0515. The molecule has 0 spiro atoms. The Morgan fingerprint density at radius 1 is 1.21 bits per heavy atom. The van der Waals surface area contributed by atoms with Gasteiger partial charge in [-0.05, 0) is 65.6 Å². The first-order valence-electron chi connectivity index (χ1n) is 10.0. The van der Waals surface area contributed by atoms with E-state index in [-0.39, 0.29) is 5.91 Å². The molecule has 2 amide bonds. The van der Waals surface area contributed by atoms with Crippen LogP contribution in [0.1, 0.15) is 64.4 Å². The minimum atomic E-state index is -0.548. The summed E-state index contributed by atoms with van der Waals surface area (Å²) in [6.45, 7) is 14.7. The van der Waals surface area contributed by atoms with Crippen LogP contribution in [-0.2, 0) is 20.6 Å². The molecule has 0 radical (unpaired) electrons. The summed E-state index contributed by atoms with van der Waals surface area (Å²) >= 11 is 0. The van der Waals surface area contributed by atoms with Crippen molar-refractivity contribution in [3.05, 3.63) is 29.3 Å². The van der Waals surface area contributed by atoms with Crippen LogP contribution in [0.3, 0.4) is 0 Å². The second-order valence-corrected chi connectivity index (χ2v) is 9.66. The summed E-state index contributed by atoms with van der Waals surface area (Å²) in [4.78, 5) is 26.3. The van der Waals surface area contributed by atoms with Gasteiger partial charge >= 0.3 is 13.2 Å². The summed E-state index contributed by atoms with van der Waals surface area (Å²) in [5, 5.41) is 2.69. The second kappa shape index (κ2) is 7.33. The van der Waals surface area contributed by atoms with Gasteiger partial charge in [-0.3, -0.25) is 4.79 Å². The number of hydrogen-bond acceptors (Lipinski definition) is 5. The molecule has 0 bridgehead atoms. The van der Waals surface area contributed by atoms with Gasteiger partial charge in [0.25, 0.3) is 5.91 Å². The molecule has 158 valence electrons. The van der Waals surface area contributed by atoms with Crippen molar-refractivity contribution in [3.63, 3.8) is 0 Å². The highest BCUT2D eigenvalue weighted by atomic mass is 16.7. The minimum Gasteiger partial charge on any atom is -0.444 e. The Hall–Kier alpha value is -2.06. The Labute approximate surface area is 173 Å². The van der Waals surface area contributed by atoms with E-state index in [4.69, 9.17) is 14.0 Å². The third-order valence-corrected chi connectivity index (χ3v) is 5.59. The number of fused-ring (bicyclic) bond motifs is 1. The zero-order chi connectivity index (χ0) is 21.6. The number of rotatable bonds is 4. The monoisotopic (exact) mass is 402 g/mol. The molecule has 1 saturated heterocycles. The third-order valence-electron chi connectivity index (χ3n) is 5.59. The van der Waals surface area contributed by atoms with E-state index < -0.39 is 30.0 Å². The fourth-order valence-electron chi connectivity index (χ4n) is 3.29. The first kappa shape index (κ1) is 21.6. The quantitative estimate of drug-likeness (QED) is 0.783. The summed E-state index contributed by atoms with van der Waals surface area (Å²) in [7, 11) is -0.499. The van der Waals surface area contributed by atoms with E-state index in [1.165, 1.54) is 0 Å². The summed E-state index contributed by atoms with van der Waals surface area (Å²) in [5.41, 5.74) is 1.06. The highest BCUT2D eigenvalue weighted by Gasteiger charge is 2.52. The molecule has 2 aliphatic heterocycles. The van der Waals surface area contributed by atoms with Gasteiger partial charge in [0.15, 0.2) is 0 Å². The number of carbonyl (C=O) groups is 2. The van der Waals surface area contributed by atoms with Crippen molar-refractivity contribution in [2.45, 2.75) is 71.8 Å². The highest BCUT2D eigenvalue weighted by Crippen LogP contribution is 2.36. The number of alkyl carbamates (subject to hydrolysis) is 1. The number of benzene rings is 1. The van der Waals surface area contributed by atoms with Crippen LogP contribution in [0.2, 0.25) is 0 Å². The molecule has 3 rings (SSSR count). The molecular weight excluding hydrogens is 371 g/mol. The van der Waals surface area contributed by atoms with Crippen LogP contribution in [-0.4, -0.2) is 53.9 Å². The molecule has 1 aromatic carbocycles. The van der Waals surface area contributed by atoms with Crippen molar-refractivity contribution in [1.82, 2.24) is 10.2 Å². The largest absolute Gasteiger partial charge is 0.494 e. The molecule has 0 aromatic heterocycles. The summed E-state index contributed by atoms with van der Waals surface area (Å²) in [6.07, 6.45) is -0.482. The van der Waals surface area contributed by atoms with Crippen LogP contribution in [0.25, 0.3) is 0 Å². The fraction of sp³-hybridized carbons (Fsp3) is 0.619. The lowest BCUT2D eigenvalue weighted by molar-refractivity contribution is 0.00578. The zero-order valence-corrected chi connectivity index (χ0v) is 18.4. The van der Waals surface area contributed by atoms with Crippen molar-refractivity contribution < 1.29 is 23.6 Å². The Balaban J connectivity index is 1.61. The van der Waals surface area contributed by atoms with E-state index in [0.29, 0.717) is 25.2 Å².